The first-order chi connectivity index (χ1) is 23.1. The van der Waals surface area contributed by atoms with Gasteiger partial charge in [0.1, 0.15) is 18.4 Å². The maximum absolute atomic E-state index is 14.6. The van der Waals surface area contributed by atoms with E-state index in [1.807, 2.05) is 68.4 Å². The Hall–Kier alpha value is -4.90. The normalized spacial score (nSPS) is 11.8. The first-order valence-corrected chi connectivity index (χ1v) is 17.2. The Morgan fingerprint density at radius 3 is 2.15 bits per heavy atom. The van der Waals surface area contributed by atoms with Crippen molar-refractivity contribution in [1.82, 2.24) is 10.2 Å². The number of sulfonamides is 1. The zero-order chi connectivity index (χ0) is 34.7. The SMILES string of the molecule is CCCCNC(=O)C(Cc1ccccc1)N(Cc1ccc(C)cc1)C(=O)CN(c1ccc(F)cc1)S(=O)(=O)c1ccc(OC)c(OC)c1. The number of unbranched alkanes of at least 4 members (excludes halogenated alkanes) is 1. The number of benzene rings is 4. The molecule has 9 nitrogen and oxygen atoms in total. The monoisotopic (exact) mass is 675 g/mol. The molecule has 0 aliphatic carbocycles. The lowest BCUT2D eigenvalue weighted by atomic mass is 10.0. The predicted molar refractivity (Wildman–Crippen MR) is 184 cm³/mol. The van der Waals surface area contributed by atoms with Crippen LogP contribution in [0.2, 0.25) is 0 Å². The lowest BCUT2D eigenvalue weighted by Gasteiger charge is -2.34. The van der Waals surface area contributed by atoms with Crippen LogP contribution in [0.4, 0.5) is 10.1 Å². The molecule has 1 N–H and O–H groups in total. The van der Waals surface area contributed by atoms with Crippen molar-refractivity contribution in [3.63, 3.8) is 0 Å². The molecule has 4 aromatic rings. The lowest BCUT2D eigenvalue weighted by Crippen LogP contribution is -2.53. The van der Waals surface area contributed by atoms with Crippen molar-refractivity contribution in [2.45, 2.75) is 50.6 Å². The molecule has 48 heavy (non-hydrogen) atoms. The number of halogens is 1. The number of methoxy groups -OCH3 is 2. The number of amides is 2. The van der Waals surface area contributed by atoms with E-state index in [9.17, 15) is 22.4 Å². The predicted octanol–water partition coefficient (Wildman–Crippen LogP) is 5.90. The van der Waals surface area contributed by atoms with Gasteiger partial charge in [-0.3, -0.25) is 13.9 Å². The highest BCUT2D eigenvalue weighted by atomic mass is 32.2. The van der Waals surface area contributed by atoms with E-state index in [4.69, 9.17) is 9.47 Å². The third kappa shape index (κ3) is 9.13. The Morgan fingerprint density at radius 1 is 0.854 bits per heavy atom. The van der Waals surface area contributed by atoms with E-state index in [-0.39, 0.29) is 35.2 Å². The standard InChI is InChI=1S/C37H42FN3O6S/c1-5-6-22-39-37(43)33(23-28-10-8-7-9-11-28)40(25-29-14-12-27(2)13-15-29)36(42)26-41(31-18-16-30(38)17-19-31)48(44,45)32-20-21-34(46-3)35(24-32)47-4/h7-21,24,33H,5-6,22-23,25-26H2,1-4H3,(H,39,43). The van der Waals surface area contributed by atoms with E-state index in [1.165, 1.54) is 49.5 Å². The summed E-state index contributed by atoms with van der Waals surface area (Å²) >= 11 is 0. The average molecular weight is 676 g/mol. The van der Waals surface area contributed by atoms with Gasteiger partial charge >= 0.3 is 0 Å². The summed E-state index contributed by atoms with van der Waals surface area (Å²) in [4.78, 5) is 29.7. The van der Waals surface area contributed by atoms with Crippen LogP contribution in [0.1, 0.15) is 36.5 Å². The van der Waals surface area contributed by atoms with E-state index in [1.54, 1.807) is 0 Å². The largest absolute Gasteiger partial charge is 0.493 e. The van der Waals surface area contributed by atoms with Crippen LogP contribution in [0.25, 0.3) is 0 Å². The first-order valence-electron chi connectivity index (χ1n) is 15.7. The van der Waals surface area contributed by atoms with Gasteiger partial charge < -0.3 is 19.7 Å². The molecule has 2 amide bonds. The number of nitrogens with zero attached hydrogens (tertiary/aromatic N) is 2. The zero-order valence-electron chi connectivity index (χ0n) is 27.7. The van der Waals surface area contributed by atoms with E-state index < -0.39 is 34.3 Å². The minimum Gasteiger partial charge on any atom is -0.493 e. The minimum atomic E-state index is -4.43. The first kappa shape index (κ1) is 35.9. The fourth-order valence-electron chi connectivity index (χ4n) is 5.19. The molecule has 11 heteroatoms. The molecule has 0 spiro atoms. The Labute approximate surface area is 282 Å². The number of carbonyl (C=O) groups is 2. The van der Waals surface area contributed by atoms with Crippen LogP contribution in [-0.2, 0) is 32.6 Å². The molecule has 4 rings (SSSR count). The molecule has 0 saturated heterocycles. The summed E-state index contributed by atoms with van der Waals surface area (Å²) in [6.45, 7) is 3.78. The smallest absolute Gasteiger partial charge is 0.264 e. The third-order valence-electron chi connectivity index (χ3n) is 7.91. The molecule has 0 aliphatic heterocycles. The number of aryl methyl sites for hydroxylation is 1. The second-order valence-corrected chi connectivity index (χ2v) is 13.2. The van der Waals surface area contributed by atoms with Crippen LogP contribution >= 0.6 is 0 Å². The maximum Gasteiger partial charge on any atom is 0.264 e. The van der Waals surface area contributed by atoms with E-state index in [0.717, 1.165) is 46.0 Å². The molecule has 0 fully saturated rings. The number of hydrogen-bond donors (Lipinski definition) is 1. The number of ether oxygens (including phenoxy) is 2. The van der Waals surface area contributed by atoms with Crippen molar-refractivity contribution in [2.24, 2.45) is 0 Å². The van der Waals surface area contributed by atoms with Crippen LogP contribution in [0, 0.1) is 12.7 Å². The van der Waals surface area contributed by atoms with E-state index in [2.05, 4.69) is 5.32 Å². The fourth-order valence-corrected chi connectivity index (χ4v) is 6.62. The summed E-state index contributed by atoms with van der Waals surface area (Å²) in [5.74, 6) is -1.03. The molecule has 1 unspecified atom stereocenters. The lowest BCUT2D eigenvalue weighted by molar-refractivity contribution is -0.140. The topological polar surface area (TPSA) is 105 Å². The molecule has 254 valence electrons. The van der Waals surface area contributed by atoms with Crippen LogP contribution in [-0.4, -0.2) is 58.5 Å². The van der Waals surface area contributed by atoms with Crippen molar-refractivity contribution < 1.29 is 31.9 Å². The van der Waals surface area contributed by atoms with E-state index in [0.29, 0.717) is 12.3 Å². The summed E-state index contributed by atoms with van der Waals surface area (Å²) in [6.07, 6.45) is 1.84. The van der Waals surface area contributed by atoms with Gasteiger partial charge in [-0.05, 0) is 60.9 Å². The number of anilines is 1. The average Bonchev–Trinajstić information content (AvgIpc) is 3.10. The van der Waals surface area contributed by atoms with Crippen molar-refractivity contribution in [3.05, 3.63) is 120 Å². The maximum atomic E-state index is 14.6. The molecular weight excluding hydrogens is 633 g/mol. The minimum absolute atomic E-state index is 0.0471. The van der Waals surface area contributed by atoms with Gasteiger partial charge in [-0.15, -0.1) is 0 Å². The van der Waals surface area contributed by atoms with E-state index >= 15 is 0 Å². The van der Waals surface area contributed by atoms with Gasteiger partial charge in [0.05, 0.1) is 24.8 Å². The van der Waals surface area contributed by atoms with Gasteiger partial charge in [-0.25, -0.2) is 12.8 Å². The molecule has 4 aromatic carbocycles. The summed E-state index contributed by atoms with van der Waals surface area (Å²) in [7, 11) is -1.61. The van der Waals surface area contributed by atoms with Crippen molar-refractivity contribution in [1.29, 1.82) is 0 Å². The van der Waals surface area contributed by atoms with Crippen LogP contribution in [0.15, 0.2) is 102 Å². The second kappa shape index (κ2) is 16.8. The number of hydrogen-bond acceptors (Lipinski definition) is 6. The van der Waals surface area contributed by atoms with Crippen LogP contribution < -0.4 is 19.1 Å². The fraction of sp³-hybridized carbons (Fsp3) is 0.297. The van der Waals surface area contributed by atoms with Gasteiger partial charge in [-0.2, -0.15) is 0 Å². The molecule has 1 atom stereocenters. The van der Waals surface area contributed by atoms with Gasteiger partial charge in [0, 0.05) is 25.6 Å². The van der Waals surface area contributed by atoms with Gasteiger partial charge in [0.2, 0.25) is 11.8 Å². The summed E-state index contributed by atoms with van der Waals surface area (Å²) in [5.41, 5.74) is 2.70. The number of carbonyl (C=O) groups excluding carboxylic acids is 2. The highest BCUT2D eigenvalue weighted by molar-refractivity contribution is 7.92. The zero-order valence-corrected chi connectivity index (χ0v) is 28.5. The van der Waals surface area contributed by atoms with Gasteiger partial charge in [0.15, 0.2) is 11.5 Å². The van der Waals surface area contributed by atoms with Gasteiger partial charge in [-0.1, -0.05) is 73.5 Å². The summed E-state index contributed by atoms with van der Waals surface area (Å²) < 4.78 is 54.2. The van der Waals surface area contributed by atoms with Crippen LogP contribution in [0.5, 0.6) is 11.5 Å². The number of rotatable bonds is 16. The molecular formula is C37H42FN3O6S. The van der Waals surface area contributed by atoms with Crippen LogP contribution in [0.3, 0.4) is 0 Å². The van der Waals surface area contributed by atoms with Crippen molar-refractivity contribution in [3.8, 4) is 11.5 Å². The van der Waals surface area contributed by atoms with Gasteiger partial charge in [0.25, 0.3) is 10.0 Å². The second-order valence-electron chi connectivity index (χ2n) is 11.4. The number of nitrogens with one attached hydrogen (secondary N) is 1. The molecule has 0 heterocycles. The molecule has 0 aromatic heterocycles. The Morgan fingerprint density at radius 2 is 1.52 bits per heavy atom. The Kier molecular flexibility index (Phi) is 12.6. The molecule has 0 aliphatic rings. The van der Waals surface area contributed by atoms with Crippen molar-refractivity contribution >= 4 is 27.5 Å². The van der Waals surface area contributed by atoms with Crippen molar-refractivity contribution in [2.75, 3.05) is 31.6 Å². The molecule has 0 radical (unpaired) electrons. The highest BCUT2D eigenvalue weighted by Gasteiger charge is 2.35. The Bertz CT molecular complexity index is 1770. The summed E-state index contributed by atoms with van der Waals surface area (Å²) in [6, 6.07) is 24.9. The molecule has 0 saturated carbocycles. The third-order valence-corrected chi connectivity index (χ3v) is 9.68. The quantitative estimate of drug-likeness (QED) is 0.148. The Balaban J connectivity index is 1.80. The highest BCUT2D eigenvalue weighted by Crippen LogP contribution is 2.32. The summed E-state index contributed by atoms with van der Waals surface area (Å²) in [5, 5.41) is 2.97. The molecule has 0 bridgehead atoms.